The first-order valence-corrected chi connectivity index (χ1v) is 9.61. The first-order valence-electron chi connectivity index (χ1n) is 9.23. The van der Waals surface area contributed by atoms with Gasteiger partial charge < -0.3 is 15.0 Å². The summed E-state index contributed by atoms with van der Waals surface area (Å²) in [5.74, 6) is 0.256. The molecule has 2 aromatic carbocycles. The van der Waals surface area contributed by atoms with E-state index in [2.05, 4.69) is 10.4 Å². The minimum atomic E-state index is -0.311. The van der Waals surface area contributed by atoms with E-state index in [1.54, 1.807) is 41.3 Å². The second-order valence-electron chi connectivity index (χ2n) is 6.85. The number of hydrogen-bond acceptors (Lipinski definition) is 3. The summed E-state index contributed by atoms with van der Waals surface area (Å²) in [5.41, 5.74) is 3.50. The number of fused-ring (bicyclic) bond motifs is 1. The van der Waals surface area contributed by atoms with E-state index in [1.165, 1.54) is 12.1 Å². The number of benzene rings is 2. The average molecular weight is 415 g/mol. The Labute approximate surface area is 172 Å². The molecule has 0 aliphatic carbocycles. The smallest absolute Gasteiger partial charge is 0.322 e. The van der Waals surface area contributed by atoms with Crippen molar-refractivity contribution in [2.45, 2.75) is 19.6 Å². The molecule has 1 aliphatic heterocycles. The number of ether oxygens (including phenoxy) is 1. The highest BCUT2D eigenvalue weighted by Gasteiger charge is 2.27. The highest BCUT2D eigenvalue weighted by atomic mass is 35.5. The lowest BCUT2D eigenvalue weighted by Gasteiger charge is -2.28. The van der Waals surface area contributed by atoms with Gasteiger partial charge in [-0.3, -0.25) is 4.68 Å². The molecule has 0 radical (unpaired) electrons. The molecule has 0 fully saturated rings. The van der Waals surface area contributed by atoms with E-state index in [-0.39, 0.29) is 18.5 Å². The molecule has 29 heavy (non-hydrogen) atoms. The van der Waals surface area contributed by atoms with Crippen LogP contribution in [0.5, 0.6) is 5.75 Å². The molecule has 1 aliphatic rings. The number of amides is 2. The predicted octanol–water partition coefficient (Wildman–Crippen LogP) is 4.38. The zero-order valence-electron chi connectivity index (χ0n) is 15.9. The topological polar surface area (TPSA) is 59.4 Å². The molecule has 6 nitrogen and oxygen atoms in total. The second-order valence-corrected chi connectivity index (χ2v) is 7.29. The lowest BCUT2D eigenvalue weighted by atomic mass is 10.1. The van der Waals surface area contributed by atoms with Gasteiger partial charge in [0.2, 0.25) is 0 Å². The molecular weight excluding hydrogens is 395 g/mol. The molecule has 0 spiro atoms. The van der Waals surface area contributed by atoms with E-state index in [9.17, 15) is 9.18 Å². The van der Waals surface area contributed by atoms with Gasteiger partial charge in [-0.2, -0.15) is 5.10 Å². The zero-order valence-corrected chi connectivity index (χ0v) is 16.6. The molecule has 0 unspecified atom stereocenters. The monoisotopic (exact) mass is 414 g/mol. The highest BCUT2D eigenvalue weighted by Crippen LogP contribution is 2.24. The molecule has 0 saturated carbocycles. The van der Waals surface area contributed by atoms with Crippen molar-refractivity contribution in [1.82, 2.24) is 14.7 Å². The molecule has 8 heteroatoms. The Bertz CT molecular complexity index is 1040. The van der Waals surface area contributed by atoms with Crippen molar-refractivity contribution in [3.05, 3.63) is 76.3 Å². The molecule has 1 aromatic heterocycles. The number of anilines is 1. The summed E-state index contributed by atoms with van der Waals surface area (Å²) in [5, 5.41) is 8.00. The van der Waals surface area contributed by atoms with E-state index >= 15 is 0 Å². The van der Waals surface area contributed by atoms with Crippen LogP contribution in [0.2, 0.25) is 5.02 Å². The minimum absolute atomic E-state index is 0.188. The zero-order chi connectivity index (χ0) is 20.4. The van der Waals surface area contributed by atoms with Crippen LogP contribution < -0.4 is 10.1 Å². The average Bonchev–Trinajstić information content (AvgIpc) is 3.03. The minimum Gasteiger partial charge on any atom is -0.487 e. The van der Waals surface area contributed by atoms with Crippen LogP contribution in [0.3, 0.4) is 0 Å². The number of carbonyl (C=O) groups is 1. The number of halogens is 2. The van der Waals surface area contributed by atoms with E-state index in [4.69, 9.17) is 16.3 Å². The summed E-state index contributed by atoms with van der Waals surface area (Å²) < 4.78 is 20.6. The molecule has 0 bridgehead atoms. The van der Waals surface area contributed by atoms with Crippen LogP contribution >= 0.6 is 11.6 Å². The summed E-state index contributed by atoms with van der Waals surface area (Å²) in [6.45, 7) is 1.29. The number of nitrogens with one attached hydrogen (secondary N) is 1. The van der Waals surface area contributed by atoms with Crippen LogP contribution in [0.4, 0.5) is 14.9 Å². The van der Waals surface area contributed by atoms with Crippen LogP contribution in [0.1, 0.15) is 17.0 Å². The van der Waals surface area contributed by atoms with Gasteiger partial charge in [0.1, 0.15) is 23.9 Å². The normalized spacial score (nSPS) is 13.1. The Kier molecular flexibility index (Phi) is 5.40. The Hall–Kier alpha value is -3.06. The van der Waals surface area contributed by atoms with Crippen molar-refractivity contribution in [3.8, 4) is 5.75 Å². The lowest BCUT2D eigenvalue weighted by Crippen LogP contribution is -2.39. The summed E-state index contributed by atoms with van der Waals surface area (Å²) in [6.07, 6.45) is 0.707. The first kappa shape index (κ1) is 19.3. The molecule has 150 valence electrons. The standard InChI is InChI=1S/C21H20ClFN4O2/c1-26-20-9-10-27(21(28)24-16-4-2-3-14(22)11-16)12-18(20)19(25-26)13-29-17-7-5-15(23)6-8-17/h2-8,11H,9-10,12-13H2,1H3,(H,24,28). The first-order chi connectivity index (χ1) is 14.0. The van der Waals surface area contributed by atoms with Crippen molar-refractivity contribution in [3.63, 3.8) is 0 Å². The van der Waals surface area contributed by atoms with Gasteiger partial charge in [0.05, 0.1) is 6.54 Å². The quantitative estimate of drug-likeness (QED) is 0.689. The summed E-state index contributed by atoms with van der Waals surface area (Å²) in [6, 6.07) is 12.7. The van der Waals surface area contributed by atoms with Crippen LogP contribution in [-0.4, -0.2) is 27.3 Å². The van der Waals surface area contributed by atoms with Gasteiger partial charge in [-0.05, 0) is 42.5 Å². The molecule has 0 atom stereocenters. The van der Waals surface area contributed by atoms with Crippen LogP contribution in [0.25, 0.3) is 0 Å². The maximum atomic E-state index is 13.1. The third-order valence-electron chi connectivity index (χ3n) is 4.88. The third-order valence-corrected chi connectivity index (χ3v) is 5.11. The number of carbonyl (C=O) groups excluding carboxylic acids is 1. The van der Waals surface area contributed by atoms with Gasteiger partial charge in [0, 0.05) is 42.0 Å². The second kappa shape index (κ2) is 8.13. The fourth-order valence-electron chi connectivity index (χ4n) is 3.41. The number of urea groups is 1. The Morgan fingerprint density at radius 2 is 2.07 bits per heavy atom. The van der Waals surface area contributed by atoms with Gasteiger partial charge in [-0.1, -0.05) is 17.7 Å². The third kappa shape index (κ3) is 4.35. The number of hydrogen-bond donors (Lipinski definition) is 1. The Balaban J connectivity index is 1.46. The van der Waals surface area contributed by atoms with Crippen LogP contribution in [-0.2, 0) is 26.6 Å². The molecule has 3 aromatic rings. The van der Waals surface area contributed by atoms with Gasteiger partial charge in [0.15, 0.2) is 0 Å². The summed E-state index contributed by atoms with van der Waals surface area (Å²) in [4.78, 5) is 14.4. The van der Waals surface area contributed by atoms with E-state index in [0.717, 1.165) is 17.0 Å². The van der Waals surface area contributed by atoms with Crippen molar-refractivity contribution < 1.29 is 13.9 Å². The van der Waals surface area contributed by atoms with Crippen molar-refractivity contribution in [1.29, 1.82) is 0 Å². The number of aryl methyl sites for hydroxylation is 1. The van der Waals surface area contributed by atoms with E-state index < -0.39 is 0 Å². The van der Waals surface area contributed by atoms with Crippen molar-refractivity contribution >= 4 is 23.3 Å². The molecule has 0 saturated heterocycles. The molecule has 1 N–H and O–H groups in total. The highest BCUT2D eigenvalue weighted by molar-refractivity contribution is 6.30. The number of aromatic nitrogens is 2. The van der Waals surface area contributed by atoms with Gasteiger partial charge >= 0.3 is 6.03 Å². The maximum Gasteiger partial charge on any atom is 0.322 e. The largest absolute Gasteiger partial charge is 0.487 e. The lowest BCUT2D eigenvalue weighted by molar-refractivity contribution is 0.205. The SMILES string of the molecule is Cn1nc(COc2ccc(F)cc2)c2c1CCN(C(=O)Nc1cccc(Cl)c1)C2. The molecular formula is C21H20ClFN4O2. The van der Waals surface area contributed by atoms with Crippen molar-refractivity contribution in [2.24, 2.45) is 7.05 Å². The fraction of sp³-hybridized carbons (Fsp3) is 0.238. The summed E-state index contributed by atoms with van der Waals surface area (Å²) in [7, 11) is 1.89. The van der Waals surface area contributed by atoms with Crippen LogP contribution in [0.15, 0.2) is 48.5 Å². The number of rotatable bonds is 4. The summed E-state index contributed by atoms with van der Waals surface area (Å²) >= 11 is 5.99. The molecule has 2 heterocycles. The molecule has 2 amide bonds. The Morgan fingerprint density at radius 3 is 2.83 bits per heavy atom. The van der Waals surface area contributed by atoms with Crippen molar-refractivity contribution in [2.75, 3.05) is 11.9 Å². The van der Waals surface area contributed by atoms with Gasteiger partial charge in [-0.15, -0.1) is 0 Å². The number of nitrogens with zero attached hydrogens (tertiary/aromatic N) is 3. The maximum absolute atomic E-state index is 13.1. The molecule has 4 rings (SSSR count). The predicted molar refractivity (Wildman–Crippen MR) is 109 cm³/mol. The van der Waals surface area contributed by atoms with Crippen LogP contribution in [0, 0.1) is 5.82 Å². The van der Waals surface area contributed by atoms with E-state index in [0.29, 0.717) is 36.0 Å². The Morgan fingerprint density at radius 1 is 1.28 bits per heavy atom. The van der Waals surface area contributed by atoms with E-state index in [1.807, 2.05) is 11.7 Å². The van der Waals surface area contributed by atoms with Gasteiger partial charge in [0.25, 0.3) is 0 Å². The fourth-order valence-corrected chi connectivity index (χ4v) is 3.60. The van der Waals surface area contributed by atoms with Gasteiger partial charge in [-0.25, -0.2) is 9.18 Å².